The lowest BCUT2D eigenvalue weighted by atomic mass is 9.93. The molecule has 0 aliphatic rings. The van der Waals surface area contributed by atoms with E-state index in [1.165, 1.54) is 25.5 Å². The van der Waals surface area contributed by atoms with E-state index in [0.29, 0.717) is 5.56 Å². The molecule has 0 bridgehead atoms. The number of hydrogen-bond acceptors (Lipinski definition) is 1. The summed E-state index contributed by atoms with van der Waals surface area (Å²) in [5.41, 5.74) is -0.401. The lowest BCUT2D eigenvalue weighted by Gasteiger charge is -2.17. The van der Waals surface area contributed by atoms with Crippen LogP contribution in [0.5, 0.6) is 0 Å². The number of aromatic nitrogens is 1. The van der Waals surface area contributed by atoms with E-state index in [-0.39, 0.29) is 5.92 Å². The fourth-order valence-corrected chi connectivity index (χ4v) is 2.26. The van der Waals surface area contributed by atoms with Crippen LogP contribution in [0.1, 0.15) is 69.5 Å². The average Bonchev–Trinajstić information content (AvgIpc) is 2.37. The van der Waals surface area contributed by atoms with Crippen molar-refractivity contribution in [1.82, 2.24) is 4.98 Å². The maximum Gasteiger partial charge on any atom is 0.433 e. The number of pyridine rings is 1. The van der Waals surface area contributed by atoms with E-state index < -0.39 is 11.9 Å². The van der Waals surface area contributed by atoms with Gasteiger partial charge >= 0.3 is 6.18 Å². The third kappa shape index (κ3) is 5.21. The first-order valence-electron chi connectivity index (χ1n) is 6.99. The van der Waals surface area contributed by atoms with Crippen molar-refractivity contribution < 1.29 is 13.2 Å². The number of hydrogen-bond donors (Lipinski definition) is 0. The second kappa shape index (κ2) is 7.51. The molecule has 0 spiro atoms. The third-order valence-electron chi connectivity index (χ3n) is 3.38. The molecule has 0 aromatic carbocycles. The molecular formula is C15H22F3N. The van der Waals surface area contributed by atoms with Crippen LogP contribution in [-0.4, -0.2) is 4.98 Å². The van der Waals surface area contributed by atoms with Gasteiger partial charge in [-0.05, 0) is 24.0 Å². The van der Waals surface area contributed by atoms with Gasteiger partial charge in [0.2, 0.25) is 0 Å². The maximum absolute atomic E-state index is 12.8. The fraction of sp³-hybridized carbons (Fsp3) is 0.667. The lowest BCUT2D eigenvalue weighted by Crippen LogP contribution is -2.13. The highest BCUT2D eigenvalue weighted by Gasteiger charge is 2.35. The molecule has 1 aromatic heterocycles. The van der Waals surface area contributed by atoms with Crippen molar-refractivity contribution in [3.63, 3.8) is 0 Å². The van der Waals surface area contributed by atoms with E-state index in [1.54, 1.807) is 12.1 Å². The van der Waals surface area contributed by atoms with Crippen LogP contribution in [0, 0.1) is 0 Å². The zero-order chi connectivity index (χ0) is 14.3. The molecule has 1 rings (SSSR count). The van der Waals surface area contributed by atoms with E-state index in [2.05, 4.69) is 11.9 Å². The monoisotopic (exact) mass is 273 g/mol. The van der Waals surface area contributed by atoms with Gasteiger partial charge in [0.25, 0.3) is 0 Å². The quantitative estimate of drug-likeness (QED) is 0.592. The van der Waals surface area contributed by atoms with Crippen molar-refractivity contribution in [2.45, 2.75) is 64.5 Å². The predicted molar refractivity (Wildman–Crippen MR) is 71.0 cm³/mol. The topological polar surface area (TPSA) is 12.9 Å². The summed E-state index contributed by atoms with van der Waals surface area (Å²) in [6, 6.07) is 3.13. The predicted octanol–water partition coefficient (Wildman–Crippen LogP) is 5.56. The van der Waals surface area contributed by atoms with Gasteiger partial charge < -0.3 is 0 Å². The van der Waals surface area contributed by atoms with E-state index in [9.17, 15) is 13.2 Å². The fourth-order valence-electron chi connectivity index (χ4n) is 2.26. The Morgan fingerprint density at radius 2 is 1.84 bits per heavy atom. The second-order valence-corrected chi connectivity index (χ2v) is 5.04. The van der Waals surface area contributed by atoms with Crippen LogP contribution in [0.25, 0.3) is 0 Å². The summed E-state index contributed by atoms with van der Waals surface area (Å²) < 4.78 is 38.5. The van der Waals surface area contributed by atoms with Gasteiger partial charge in [0, 0.05) is 6.20 Å². The Hall–Kier alpha value is -1.06. The van der Waals surface area contributed by atoms with E-state index in [1.807, 2.05) is 6.92 Å². The largest absolute Gasteiger partial charge is 0.433 e. The Bertz CT molecular complexity index is 374. The Balaban J connectivity index is 2.59. The molecule has 108 valence electrons. The van der Waals surface area contributed by atoms with Crippen LogP contribution in [0.4, 0.5) is 13.2 Å². The number of rotatable bonds is 7. The van der Waals surface area contributed by atoms with Crippen LogP contribution < -0.4 is 0 Å². The second-order valence-electron chi connectivity index (χ2n) is 5.04. The summed E-state index contributed by atoms with van der Waals surface area (Å²) in [5.74, 6) is -0.0908. The summed E-state index contributed by atoms with van der Waals surface area (Å²) in [7, 11) is 0. The molecular weight excluding hydrogens is 251 g/mol. The standard InChI is InChI=1S/C15H22F3N/c1-3-4-5-6-7-9-12(2)13-10-8-11-19-14(13)15(16,17)18/h8,10-12H,3-7,9H2,1-2H3. The summed E-state index contributed by atoms with van der Waals surface area (Å²) >= 11 is 0. The molecule has 4 heteroatoms. The molecule has 0 aliphatic carbocycles. The van der Waals surface area contributed by atoms with Crippen LogP contribution in [0.15, 0.2) is 18.3 Å². The molecule has 1 heterocycles. The van der Waals surface area contributed by atoms with Crippen molar-refractivity contribution in [2.24, 2.45) is 0 Å². The van der Waals surface area contributed by atoms with Gasteiger partial charge in [-0.2, -0.15) is 13.2 Å². The summed E-state index contributed by atoms with van der Waals surface area (Å²) in [6.45, 7) is 4.00. The zero-order valence-corrected chi connectivity index (χ0v) is 11.6. The van der Waals surface area contributed by atoms with Crippen molar-refractivity contribution in [2.75, 3.05) is 0 Å². The van der Waals surface area contributed by atoms with Gasteiger partial charge in [-0.3, -0.25) is 4.98 Å². The van der Waals surface area contributed by atoms with Crippen LogP contribution in [0.3, 0.4) is 0 Å². The van der Waals surface area contributed by atoms with E-state index in [0.717, 1.165) is 19.3 Å². The van der Waals surface area contributed by atoms with Gasteiger partial charge in [0.05, 0.1) is 0 Å². The third-order valence-corrected chi connectivity index (χ3v) is 3.38. The Morgan fingerprint density at radius 1 is 1.16 bits per heavy atom. The number of unbranched alkanes of at least 4 members (excludes halogenated alkanes) is 4. The summed E-state index contributed by atoms with van der Waals surface area (Å²) in [5, 5.41) is 0. The van der Waals surface area contributed by atoms with Gasteiger partial charge in [0.15, 0.2) is 0 Å². The zero-order valence-electron chi connectivity index (χ0n) is 11.6. The molecule has 0 N–H and O–H groups in total. The van der Waals surface area contributed by atoms with Gasteiger partial charge in [-0.25, -0.2) is 0 Å². The average molecular weight is 273 g/mol. The van der Waals surface area contributed by atoms with E-state index >= 15 is 0 Å². The molecule has 0 saturated carbocycles. The van der Waals surface area contributed by atoms with Crippen LogP contribution in [-0.2, 0) is 6.18 Å². The normalized spacial score (nSPS) is 13.5. The molecule has 0 fully saturated rings. The number of halogens is 3. The van der Waals surface area contributed by atoms with E-state index in [4.69, 9.17) is 0 Å². The van der Waals surface area contributed by atoms with Gasteiger partial charge in [-0.15, -0.1) is 0 Å². The molecule has 0 aliphatic heterocycles. The Morgan fingerprint density at radius 3 is 2.47 bits per heavy atom. The Kier molecular flexibility index (Phi) is 6.32. The maximum atomic E-state index is 12.8. The SMILES string of the molecule is CCCCCCCC(C)c1cccnc1C(F)(F)F. The highest BCUT2D eigenvalue weighted by Crippen LogP contribution is 2.34. The minimum Gasteiger partial charge on any atom is -0.252 e. The summed E-state index contributed by atoms with van der Waals surface area (Å²) in [4.78, 5) is 3.50. The molecule has 0 amide bonds. The van der Waals surface area contributed by atoms with Crippen LogP contribution in [0.2, 0.25) is 0 Å². The molecule has 0 saturated heterocycles. The number of nitrogens with zero attached hydrogens (tertiary/aromatic N) is 1. The molecule has 0 radical (unpaired) electrons. The number of alkyl halides is 3. The van der Waals surface area contributed by atoms with Crippen molar-refractivity contribution in [3.8, 4) is 0 Å². The summed E-state index contributed by atoms with van der Waals surface area (Å²) in [6.07, 6.45) is 3.27. The molecule has 1 nitrogen and oxygen atoms in total. The Labute approximate surface area is 113 Å². The lowest BCUT2D eigenvalue weighted by molar-refractivity contribution is -0.142. The first-order valence-corrected chi connectivity index (χ1v) is 6.99. The molecule has 1 atom stereocenters. The molecule has 1 unspecified atom stereocenters. The van der Waals surface area contributed by atoms with Gasteiger partial charge in [0.1, 0.15) is 5.69 Å². The molecule has 19 heavy (non-hydrogen) atoms. The first kappa shape index (κ1) is 16.0. The van der Waals surface area contributed by atoms with Gasteiger partial charge in [-0.1, -0.05) is 52.0 Å². The van der Waals surface area contributed by atoms with Crippen LogP contribution >= 0.6 is 0 Å². The van der Waals surface area contributed by atoms with Crippen molar-refractivity contribution in [3.05, 3.63) is 29.6 Å². The van der Waals surface area contributed by atoms with Crippen molar-refractivity contribution in [1.29, 1.82) is 0 Å². The first-order chi connectivity index (χ1) is 8.96. The smallest absolute Gasteiger partial charge is 0.252 e. The minimum absolute atomic E-state index is 0.0908. The highest BCUT2D eigenvalue weighted by molar-refractivity contribution is 5.25. The minimum atomic E-state index is -4.35. The highest BCUT2D eigenvalue weighted by atomic mass is 19.4. The van der Waals surface area contributed by atoms with Crippen molar-refractivity contribution >= 4 is 0 Å². The molecule has 1 aromatic rings.